The summed E-state index contributed by atoms with van der Waals surface area (Å²) in [6.45, 7) is 0.342. The van der Waals surface area contributed by atoms with Crippen LogP contribution >= 0.6 is 23.2 Å². The number of aliphatic hydroxyl groups excluding tert-OH is 1. The van der Waals surface area contributed by atoms with Crippen LogP contribution in [0.25, 0.3) is 0 Å². The van der Waals surface area contributed by atoms with Crippen molar-refractivity contribution in [2.75, 3.05) is 18.1 Å². The maximum Gasteiger partial charge on any atom is 0.416 e. The minimum absolute atomic E-state index is 0.217. The lowest BCUT2D eigenvalue weighted by atomic mass is 10.2. The van der Waals surface area contributed by atoms with E-state index in [-0.39, 0.29) is 13.2 Å². The second-order valence-electron chi connectivity index (χ2n) is 5.22. The average Bonchev–Trinajstić information content (AvgIpc) is 2.94. The normalized spacial score (nSPS) is 17.0. The number of benzene rings is 1. The van der Waals surface area contributed by atoms with Crippen LogP contribution in [0.2, 0.25) is 10.0 Å². The van der Waals surface area contributed by atoms with Crippen molar-refractivity contribution in [1.29, 1.82) is 0 Å². The van der Waals surface area contributed by atoms with Crippen LogP contribution < -0.4 is 9.64 Å². The number of cyclic esters (lactones) is 1. The number of amides is 1. The highest BCUT2D eigenvalue weighted by molar-refractivity contribution is 6.34. The van der Waals surface area contributed by atoms with E-state index >= 15 is 0 Å². The van der Waals surface area contributed by atoms with Crippen LogP contribution in [0.5, 0.6) is 5.75 Å². The lowest BCUT2D eigenvalue weighted by Crippen LogP contribution is -2.26. The number of hydrogen-bond acceptors (Lipinski definition) is 5. The summed E-state index contributed by atoms with van der Waals surface area (Å²) in [6.07, 6.45) is 0.465. The van der Waals surface area contributed by atoms with Gasteiger partial charge in [-0.3, -0.25) is 4.90 Å². The van der Waals surface area contributed by atoms with Crippen molar-refractivity contribution >= 4 is 35.1 Å². The van der Waals surface area contributed by atoms with Crippen LogP contribution in [0, 0.1) is 0 Å². The zero-order valence-corrected chi connectivity index (χ0v) is 14.0. The Bertz CT molecular complexity index is 719. The third kappa shape index (κ3) is 3.90. The molecule has 1 saturated heterocycles. The van der Waals surface area contributed by atoms with Crippen LogP contribution in [-0.4, -0.2) is 35.4 Å². The number of ether oxygens (including phenoxy) is 2. The molecule has 0 radical (unpaired) electrons. The smallest absolute Gasteiger partial charge is 0.416 e. The molecule has 1 amide bonds. The van der Waals surface area contributed by atoms with Crippen LogP contribution in [0.15, 0.2) is 36.5 Å². The fourth-order valence-electron chi connectivity index (χ4n) is 2.28. The molecule has 1 aliphatic rings. The van der Waals surface area contributed by atoms with E-state index in [1.807, 2.05) is 0 Å². The summed E-state index contributed by atoms with van der Waals surface area (Å²) in [5.74, 6) is 0.982. The summed E-state index contributed by atoms with van der Waals surface area (Å²) in [5.41, 5.74) is 0.838. The minimum Gasteiger partial charge on any atom is -0.487 e. The number of hydrogen-bond donors (Lipinski definition) is 1. The van der Waals surface area contributed by atoms with E-state index in [0.29, 0.717) is 28.2 Å². The molecule has 0 aliphatic carbocycles. The van der Waals surface area contributed by atoms with Crippen molar-refractivity contribution in [3.05, 3.63) is 52.1 Å². The molecule has 126 valence electrons. The number of carbonyl (C=O) groups excluding carboxylic acids is 1. The lowest BCUT2D eigenvalue weighted by molar-refractivity contribution is 0.0963. The number of carbonyl (C=O) groups is 1. The van der Waals surface area contributed by atoms with E-state index in [4.69, 9.17) is 37.8 Å². The Balaban J connectivity index is 1.63. The molecule has 1 fully saturated rings. The van der Waals surface area contributed by atoms with Crippen LogP contribution in [0.3, 0.4) is 0 Å². The van der Waals surface area contributed by atoms with Gasteiger partial charge in [0.1, 0.15) is 24.3 Å². The number of anilines is 1. The van der Waals surface area contributed by atoms with E-state index in [2.05, 4.69) is 4.98 Å². The second-order valence-corrected chi connectivity index (χ2v) is 6.09. The molecule has 6 nitrogen and oxygen atoms in total. The van der Waals surface area contributed by atoms with Crippen molar-refractivity contribution in [3.63, 3.8) is 0 Å². The minimum atomic E-state index is -0.525. The Kier molecular flexibility index (Phi) is 5.08. The Labute approximate surface area is 148 Å². The SMILES string of the molecule is O=C1OC(CO)CN1c1ccc(OCc2cc(Cl)cc(Cl)c2)cn1. The Morgan fingerprint density at radius 2 is 2.04 bits per heavy atom. The van der Waals surface area contributed by atoms with Gasteiger partial charge in [-0.25, -0.2) is 9.78 Å². The standard InChI is InChI=1S/C16H14Cl2N2O4/c17-11-3-10(4-12(18)5-11)9-23-13-1-2-15(19-6-13)20-7-14(8-21)24-16(20)22/h1-6,14,21H,7-9H2. The molecule has 1 atom stereocenters. The topological polar surface area (TPSA) is 71.9 Å². The molecule has 0 spiro atoms. The molecule has 2 heterocycles. The van der Waals surface area contributed by atoms with E-state index in [1.54, 1.807) is 30.3 Å². The molecule has 8 heteroatoms. The molecule has 2 aromatic rings. The summed E-state index contributed by atoms with van der Waals surface area (Å²) in [4.78, 5) is 17.3. The van der Waals surface area contributed by atoms with Crippen molar-refractivity contribution in [2.24, 2.45) is 0 Å². The fourth-order valence-corrected chi connectivity index (χ4v) is 2.85. The van der Waals surface area contributed by atoms with Gasteiger partial charge >= 0.3 is 6.09 Å². The molecule has 0 saturated carbocycles. The number of nitrogens with zero attached hydrogens (tertiary/aromatic N) is 2. The van der Waals surface area contributed by atoms with Gasteiger partial charge < -0.3 is 14.6 Å². The van der Waals surface area contributed by atoms with E-state index in [0.717, 1.165) is 5.56 Å². The number of aliphatic hydroxyl groups is 1. The predicted octanol–water partition coefficient (Wildman–Crippen LogP) is 3.28. The first-order valence-electron chi connectivity index (χ1n) is 7.18. The maximum absolute atomic E-state index is 11.7. The van der Waals surface area contributed by atoms with Crippen LogP contribution in [0.1, 0.15) is 5.56 Å². The largest absolute Gasteiger partial charge is 0.487 e. The third-order valence-corrected chi connectivity index (χ3v) is 3.84. The number of pyridine rings is 1. The Morgan fingerprint density at radius 1 is 1.29 bits per heavy atom. The highest BCUT2D eigenvalue weighted by Gasteiger charge is 2.32. The second kappa shape index (κ2) is 7.25. The summed E-state index contributed by atoms with van der Waals surface area (Å²) in [6, 6.07) is 8.54. The van der Waals surface area contributed by atoms with E-state index in [1.165, 1.54) is 11.1 Å². The number of rotatable bonds is 5. The number of aromatic nitrogens is 1. The Hall–Kier alpha value is -2.02. The maximum atomic E-state index is 11.7. The molecule has 1 aliphatic heterocycles. The van der Waals surface area contributed by atoms with Crippen LogP contribution in [0.4, 0.5) is 10.6 Å². The summed E-state index contributed by atoms with van der Waals surface area (Å²) in [5, 5.41) is 10.1. The first-order chi connectivity index (χ1) is 11.5. The molecular formula is C16H14Cl2N2O4. The molecule has 3 rings (SSSR count). The van der Waals surface area contributed by atoms with Gasteiger partial charge in [0.2, 0.25) is 0 Å². The van der Waals surface area contributed by atoms with Crippen molar-refractivity contribution in [2.45, 2.75) is 12.7 Å². The summed E-state index contributed by atoms with van der Waals surface area (Å²) < 4.78 is 10.6. The van der Waals surface area contributed by atoms with Crippen LogP contribution in [-0.2, 0) is 11.3 Å². The third-order valence-electron chi connectivity index (χ3n) is 3.40. The van der Waals surface area contributed by atoms with Gasteiger partial charge in [0.05, 0.1) is 19.3 Å². The van der Waals surface area contributed by atoms with Crippen molar-refractivity contribution < 1.29 is 19.4 Å². The van der Waals surface area contributed by atoms with Gasteiger partial charge in [-0.05, 0) is 35.9 Å². The zero-order chi connectivity index (χ0) is 17.1. The predicted molar refractivity (Wildman–Crippen MR) is 89.7 cm³/mol. The van der Waals surface area contributed by atoms with Gasteiger partial charge in [-0.2, -0.15) is 0 Å². The van der Waals surface area contributed by atoms with Gasteiger partial charge in [-0.15, -0.1) is 0 Å². The van der Waals surface area contributed by atoms with Crippen molar-refractivity contribution in [1.82, 2.24) is 4.98 Å². The molecule has 24 heavy (non-hydrogen) atoms. The molecular weight excluding hydrogens is 355 g/mol. The molecule has 1 N–H and O–H groups in total. The van der Waals surface area contributed by atoms with Crippen molar-refractivity contribution in [3.8, 4) is 5.75 Å². The quantitative estimate of drug-likeness (QED) is 0.876. The molecule has 1 aromatic carbocycles. The summed E-state index contributed by atoms with van der Waals surface area (Å²) in [7, 11) is 0. The first-order valence-corrected chi connectivity index (χ1v) is 7.93. The van der Waals surface area contributed by atoms with E-state index < -0.39 is 12.2 Å². The monoisotopic (exact) mass is 368 g/mol. The van der Waals surface area contributed by atoms with Gasteiger partial charge in [0.15, 0.2) is 0 Å². The molecule has 1 aromatic heterocycles. The zero-order valence-electron chi connectivity index (χ0n) is 12.5. The lowest BCUT2D eigenvalue weighted by Gasteiger charge is -2.12. The fraction of sp³-hybridized carbons (Fsp3) is 0.250. The number of halogens is 2. The van der Waals surface area contributed by atoms with Gasteiger partial charge in [-0.1, -0.05) is 23.2 Å². The first kappa shape index (κ1) is 16.8. The molecule has 0 bridgehead atoms. The van der Waals surface area contributed by atoms with E-state index in [9.17, 15) is 4.79 Å². The molecule has 1 unspecified atom stereocenters. The highest BCUT2D eigenvalue weighted by Crippen LogP contribution is 2.23. The summed E-state index contributed by atoms with van der Waals surface area (Å²) >= 11 is 11.9. The highest BCUT2D eigenvalue weighted by atomic mass is 35.5. The van der Waals surface area contributed by atoms with Gasteiger partial charge in [0, 0.05) is 10.0 Å². The Morgan fingerprint density at radius 3 is 2.62 bits per heavy atom. The van der Waals surface area contributed by atoms with Gasteiger partial charge in [0.25, 0.3) is 0 Å². The average molecular weight is 369 g/mol.